The molecule has 0 spiro atoms. The summed E-state index contributed by atoms with van der Waals surface area (Å²) in [5, 5.41) is 27.2. The minimum atomic E-state index is -0.161. The average Bonchev–Trinajstić information content (AvgIpc) is 3.55. The standard InChI is InChI=1S/C21H25N7OS2/c1-14-15(2)28(16-6-3-4-7-16)20(18(14)12-22)23-19(29)13-31-21-24-25-26-27(21)10-9-17-8-5-11-30-17/h5,8,11,16H,3-4,6-7,9-10,13H2,1-2H3,(H,23,29). The number of rotatable bonds is 8. The molecule has 10 heteroatoms. The largest absolute Gasteiger partial charge is 0.327 e. The second-order valence-electron chi connectivity index (χ2n) is 7.70. The predicted octanol–water partition coefficient (Wildman–Crippen LogP) is 4.11. The van der Waals surface area contributed by atoms with E-state index in [9.17, 15) is 10.1 Å². The number of aromatic nitrogens is 5. The van der Waals surface area contributed by atoms with Gasteiger partial charge in [-0.15, -0.1) is 16.4 Å². The molecule has 1 aliphatic rings. The van der Waals surface area contributed by atoms with Crippen LogP contribution in [0.1, 0.15) is 53.4 Å². The van der Waals surface area contributed by atoms with Crippen LogP contribution < -0.4 is 5.32 Å². The number of amides is 1. The van der Waals surface area contributed by atoms with Gasteiger partial charge in [-0.2, -0.15) is 5.26 Å². The monoisotopic (exact) mass is 455 g/mol. The van der Waals surface area contributed by atoms with Gasteiger partial charge in [0.1, 0.15) is 11.9 Å². The number of anilines is 1. The summed E-state index contributed by atoms with van der Waals surface area (Å²) in [5.41, 5.74) is 2.56. The maximum atomic E-state index is 12.8. The van der Waals surface area contributed by atoms with E-state index >= 15 is 0 Å². The minimum Gasteiger partial charge on any atom is -0.327 e. The molecule has 1 N–H and O–H groups in total. The normalized spacial score (nSPS) is 14.1. The van der Waals surface area contributed by atoms with E-state index in [1.807, 2.05) is 19.9 Å². The third-order valence-corrected chi connectivity index (χ3v) is 7.69. The Hall–Kier alpha value is -2.64. The Morgan fingerprint density at radius 2 is 2.19 bits per heavy atom. The highest BCUT2D eigenvalue weighted by molar-refractivity contribution is 7.99. The van der Waals surface area contributed by atoms with Gasteiger partial charge < -0.3 is 9.88 Å². The number of carbonyl (C=O) groups is 1. The maximum Gasteiger partial charge on any atom is 0.235 e. The van der Waals surface area contributed by atoms with E-state index in [1.54, 1.807) is 16.0 Å². The zero-order valence-corrected chi connectivity index (χ0v) is 19.3. The molecule has 0 aliphatic heterocycles. The molecule has 3 heterocycles. The van der Waals surface area contributed by atoms with Crippen molar-refractivity contribution in [2.24, 2.45) is 0 Å². The highest BCUT2D eigenvalue weighted by Crippen LogP contribution is 2.37. The van der Waals surface area contributed by atoms with Crippen molar-refractivity contribution < 1.29 is 4.79 Å². The van der Waals surface area contributed by atoms with Gasteiger partial charge in [-0.1, -0.05) is 30.7 Å². The number of nitrogens with one attached hydrogen (secondary N) is 1. The summed E-state index contributed by atoms with van der Waals surface area (Å²) < 4.78 is 3.89. The molecule has 1 saturated carbocycles. The van der Waals surface area contributed by atoms with Crippen LogP contribution >= 0.6 is 23.1 Å². The summed E-state index contributed by atoms with van der Waals surface area (Å²) in [4.78, 5) is 14.1. The van der Waals surface area contributed by atoms with Crippen molar-refractivity contribution >= 4 is 34.8 Å². The Morgan fingerprint density at radius 1 is 1.39 bits per heavy atom. The van der Waals surface area contributed by atoms with E-state index in [0.717, 1.165) is 30.5 Å². The molecule has 0 atom stereocenters. The predicted molar refractivity (Wildman–Crippen MR) is 121 cm³/mol. The summed E-state index contributed by atoms with van der Waals surface area (Å²) in [7, 11) is 0. The lowest BCUT2D eigenvalue weighted by molar-refractivity contribution is -0.113. The van der Waals surface area contributed by atoms with Crippen LogP contribution in [0.15, 0.2) is 22.7 Å². The Morgan fingerprint density at radius 3 is 2.90 bits per heavy atom. The van der Waals surface area contributed by atoms with Crippen molar-refractivity contribution in [2.75, 3.05) is 11.1 Å². The first kappa shape index (κ1) is 21.6. The van der Waals surface area contributed by atoms with Gasteiger partial charge in [0.05, 0.1) is 17.9 Å². The zero-order valence-electron chi connectivity index (χ0n) is 17.7. The first-order valence-electron chi connectivity index (χ1n) is 10.4. The van der Waals surface area contributed by atoms with Crippen LogP contribution in [0.2, 0.25) is 0 Å². The van der Waals surface area contributed by atoms with Crippen LogP contribution in [-0.2, 0) is 17.8 Å². The average molecular weight is 456 g/mol. The quantitative estimate of drug-likeness (QED) is 0.513. The molecule has 0 bridgehead atoms. The number of hydrogen-bond acceptors (Lipinski definition) is 7. The van der Waals surface area contributed by atoms with Crippen LogP contribution in [0.3, 0.4) is 0 Å². The molecule has 162 valence electrons. The highest BCUT2D eigenvalue weighted by Gasteiger charge is 2.26. The summed E-state index contributed by atoms with van der Waals surface area (Å²) in [6, 6.07) is 6.74. The van der Waals surface area contributed by atoms with Crippen molar-refractivity contribution in [3.8, 4) is 6.07 Å². The van der Waals surface area contributed by atoms with Gasteiger partial charge in [-0.05, 0) is 54.1 Å². The number of thiophene rings is 1. The van der Waals surface area contributed by atoms with E-state index in [4.69, 9.17) is 0 Å². The number of thioether (sulfide) groups is 1. The third kappa shape index (κ3) is 4.67. The summed E-state index contributed by atoms with van der Waals surface area (Å²) >= 11 is 3.01. The lowest BCUT2D eigenvalue weighted by atomic mass is 10.2. The van der Waals surface area contributed by atoms with Crippen molar-refractivity contribution in [1.29, 1.82) is 5.26 Å². The van der Waals surface area contributed by atoms with E-state index in [2.05, 4.69) is 42.9 Å². The Bertz CT molecular complexity index is 1090. The lowest BCUT2D eigenvalue weighted by Crippen LogP contribution is -2.20. The lowest BCUT2D eigenvalue weighted by Gasteiger charge is -2.19. The fourth-order valence-corrected chi connectivity index (χ4v) is 5.52. The molecule has 4 rings (SSSR count). The maximum absolute atomic E-state index is 12.8. The van der Waals surface area contributed by atoms with Gasteiger partial charge in [0.2, 0.25) is 11.1 Å². The van der Waals surface area contributed by atoms with Gasteiger partial charge in [0.25, 0.3) is 0 Å². The summed E-state index contributed by atoms with van der Waals surface area (Å²) in [5.74, 6) is 0.649. The van der Waals surface area contributed by atoms with E-state index < -0.39 is 0 Å². The molecular formula is C21H25N7OS2. The Labute approximate surface area is 189 Å². The number of hydrogen-bond donors (Lipinski definition) is 1. The van der Waals surface area contributed by atoms with Gasteiger partial charge in [0, 0.05) is 23.0 Å². The highest BCUT2D eigenvalue weighted by atomic mass is 32.2. The van der Waals surface area contributed by atoms with E-state index in [1.165, 1.54) is 29.5 Å². The first-order valence-corrected chi connectivity index (χ1v) is 12.3. The van der Waals surface area contributed by atoms with Crippen molar-refractivity contribution in [1.82, 2.24) is 24.8 Å². The molecule has 31 heavy (non-hydrogen) atoms. The molecule has 8 nitrogen and oxygen atoms in total. The van der Waals surface area contributed by atoms with Crippen LogP contribution in [0.25, 0.3) is 0 Å². The zero-order chi connectivity index (χ0) is 21.8. The van der Waals surface area contributed by atoms with Crippen molar-refractivity contribution in [3.05, 3.63) is 39.2 Å². The molecular weight excluding hydrogens is 430 g/mol. The molecule has 0 aromatic carbocycles. The van der Waals surface area contributed by atoms with Gasteiger partial charge in [-0.3, -0.25) is 4.79 Å². The van der Waals surface area contributed by atoms with E-state index in [0.29, 0.717) is 29.1 Å². The Balaban J connectivity index is 1.43. The number of nitriles is 1. The third-order valence-electron chi connectivity index (χ3n) is 5.80. The number of nitrogens with zero attached hydrogens (tertiary/aromatic N) is 6. The van der Waals surface area contributed by atoms with Crippen molar-refractivity contribution in [3.63, 3.8) is 0 Å². The molecule has 1 amide bonds. The number of carbonyl (C=O) groups excluding carboxylic acids is 1. The second kappa shape index (κ2) is 9.66. The number of aryl methyl sites for hydroxylation is 2. The van der Waals surface area contributed by atoms with Crippen molar-refractivity contribution in [2.45, 2.75) is 63.7 Å². The Kier molecular flexibility index (Phi) is 6.73. The van der Waals surface area contributed by atoms with Gasteiger partial charge >= 0.3 is 0 Å². The fraction of sp³-hybridized carbons (Fsp3) is 0.476. The topological polar surface area (TPSA) is 101 Å². The smallest absolute Gasteiger partial charge is 0.235 e. The number of tetrazole rings is 1. The summed E-state index contributed by atoms with van der Waals surface area (Å²) in [6.45, 7) is 4.64. The van der Waals surface area contributed by atoms with Gasteiger partial charge in [0.15, 0.2) is 0 Å². The second-order valence-corrected chi connectivity index (χ2v) is 9.68. The summed E-state index contributed by atoms with van der Waals surface area (Å²) in [6.07, 6.45) is 5.37. The molecule has 1 aliphatic carbocycles. The van der Waals surface area contributed by atoms with Crippen LogP contribution in [-0.4, -0.2) is 36.4 Å². The van der Waals surface area contributed by atoms with Crippen LogP contribution in [0.4, 0.5) is 5.82 Å². The molecule has 0 saturated heterocycles. The molecule has 0 unspecified atom stereocenters. The van der Waals surface area contributed by atoms with E-state index in [-0.39, 0.29) is 11.7 Å². The van der Waals surface area contributed by atoms with Crippen LogP contribution in [0.5, 0.6) is 0 Å². The van der Waals surface area contributed by atoms with Gasteiger partial charge in [-0.25, -0.2) is 4.68 Å². The molecule has 0 radical (unpaired) electrons. The first-order chi connectivity index (χ1) is 15.1. The molecule has 1 fully saturated rings. The minimum absolute atomic E-state index is 0.161. The SMILES string of the molecule is Cc1c(C#N)c(NC(=O)CSc2nnnn2CCc2cccs2)n(C2CCCC2)c1C. The fourth-order valence-electron chi connectivity index (χ4n) is 4.12. The molecule has 3 aromatic heterocycles. The van der Waals surface area contributed by atoms with Crippen LogP contribution in [0, 0.1) is 25.2 Å². The molecule has 3 aromatic rings.